The zero-order chi connectivity index (χ0) is 14.5. The van der Waals surface area contributed by atoms with Gasteiger partial charge in [-0.3, -0.25) is 4.79 Å². The molecule has 3 heteroatoms. The van der Waals surface area contributed by atoms with Crippen molar-refractivity contribution in [2.24, 2.45) is 0 Å². The number of hydrogen-bond acceptors (Lipinski definition) is 2. The van der Waals surface area contributed by atoms with Gasteiger partial charge < -0.3 is 9.32 Å². The SMILES string of the molecule is O=C(c1ccco1)N(Cc1ccccc1)C1CCCCC1. The molecule has 0 bridgehead atoms. The van der Waals surface area contributed by atoms with Gasteiger partial charge in [0.25, 0.3) is 5.91 Å². The highest BCUT2D eigenvalue weighted by molar-refractivity contribution is 5.91. The Hall–Kier alpha value is -2.03. The fraction of sp³-hybridized carbons (Fsp3) is 0.389. The molecule has 1 aromatic carbocycles. The molecular weight excluding hydrogens is 262 g/mol. The van der Waals surface area contributed by atoms with Crippen LogP contribution < -0.4 is 0 Å². The number of nitrogens with zero attached hydrogens (tertiary/aromatic N) is 1. The average molecular weight is 283 g/mol. The van der Waals surface area contributed by atoms with Gasteiger partial charge in [-0.25, -0.2) is 0 Å². The van der Waals surface area contributed by atoms with E-state index >= 15 is 0 Å². The highest BCUT2D eigenvalue weighted by atomic mass is 16.3. The normalized spacial score (nSPS) is 15.8. The number of rotatable bonds is 4. The molecule has 3 rings (SSSR count). The molecule has 1 amide bonds. The second-order valence-corrected chi connectivity index (χ2v) is 5.69. The summed E-state index contributed by atoms with van der Waals surface area (Å²) in [7, 11) is 0. The number of hydrogen-bond donors (Lipinski definition) is 0. The molecule has 1 saturated carbocycles. The molecule has 110 valence electrons. The van der Waals surface area contributed by atoms with Crippen molar-refractivity contribution in [3.05, 3.63) is 60.1 Å². The predicted molar refractivity (Wildman–Crippen MR) is 81.9 cm³/mol. The van der Waals surface area contributed by atoms with E-state index in [-0.39, 0.29) is 5.91 Å². The smallest absolute Gasteiger partial charge is 0.290 e. The first-order valence-electron chi connectivity index (χ1n) is 7.73. The lowest BCUT2D eigenvalue weighted by Crippen LogP contribution is -2.40. The standard InChI is InChI=1S/C18H21NO2/c20-18(17-12-7-13-21-17)19(16-10-5-2-6-11-16)14-15-8-3-1-4-9-15/h1,3-4,7-9,12-13,16H,2,5-6,10-11,14H2. The summed E-state index contributed by atoms with van der Waals surface area (Å²) >= 11 is 0. The van der Waals surface area contributed by atoms with Crippen molar-refractivity contribution in [2.45, 2.75) is 44.7 Å². The van der Waals surface area contributed by atoms with E-state index in [1.54, 1.807) is 18.4 Å². The fourth-order valence-electron chi connectivity index (χ4n) is 3.08. The van der Waals surface area contributed by atoms with Crippen molar-refractivity contribution < 1.29 is 9.21 Å². The summed E-state index contributed by atoms with van der Waals surface area (Å²) in [5.41, 5.74) is 1.17. The Labute approximate surface area is 125 Å². The first-order chi connectivity index (χ1) is 10.3. The Balaban J connectivity index is 1.81. The zero-order valence-corrected chi connectivity index (χ0v) is 12.2. The van der Waals surface area contributed by atoms with Crippen molar-refractivity contribution >= 4 is 5.91 Å². The number of carbonyl (C=O) groups is 1. The summed E-state index contributed by atoms with van der Waals surface area (Å²) in [6, 6.07) is 14.0. The van der Waals surface area contributed by atoms with Crippen LogP contribution in [0.4, 0.5) is 0 Å². The van der Waals surface area contributed by atoms with Gasteiger partial charge in [-0.05, 0) is 30.5 Å². The molecule has 0 atom stereocenters. The van der Waals surface area contributed by atoms with Gasteiger partial charge in [0, 0.05) is 12.6 Å². The van der Waals surface area contributed by atoms with Crippen LogP contribution in [0.5, 0.6) is 0 Å². The zero-order valence-electron chi connectivity index (χ0n) is 12.2. The molecule has 1 aliphatic carbocycles. The highest BCUT2D eigenvalue weighted by Crippen LogP contribution is 2.25. The van der Waals surface area contributed by atoms with Gasteiger partial charge in [0.2, 0.25) is 0 Å². The molecule has 2 aromatic rings. The van der Waals surface area contributed by atoms with Crippen molar-refractivity contribution in [3.63, 3.8) is 0 Å². The number of carbonyl (C=O) groups excluding carboxylic acids is 1. The largest absolute Gasteiger partial charge is 0.459 e. The summed E-state index contributed by atoms with van der Waals surface area (Å²) in [6.07, 6.45) is 7.46. The Kier molecular flexibility index (Phi) is 4.39. The topological polar surface area (TPSA) is 33.5 Å². The molecule has 1 aliphatic rings. The molecule has 1 heterocycles. The van der Waals surface area contributed by atoms with Gasteiger partial charge in [0.1, 0.15) is 0 Å². The van der Waals surface area contributed by atoms with Crippen LogP contribution in [-0.2, 0) is 6.54 Å². The fourth-order valence-corrected chi connectivity index (χ4v) is 3.08. The van der Waals surface area contributed by atoms with Gasteiger partial charge >= 0.3 is 0 Å². The van der Waals surface area contributed by atoms with E-state index in [9.17, 15) is 4.79 Å². The van der Waals surface area contributed by atoms with Crippen molar-refractivity contribution in [1.29, 1.82) is 0 Å². The lowest BCUT2D eigenvalue weighted by atomic mass is 9.93. The van der Waals surface area contributed by atoms with Gasteiger partial charge in [0.15, 0.2) is 5.76 Å². The van der Waals surface area contributed by atoms with Gasteiger partial charge in [-0.15, -0.1) is 0 Å². The van der Waals surface area contributed by atoms with Gasteiger partial charge in [-0.2, -0.15) is 0 Å². The first kappa shape index (κ1) is 13.9. The molecule has 1 fully saturated rings. The first-order valence-corrected chi connectivity index (χ1v) is 7.73. The Morgan fingerprint density at radius 1 is 1.05 bits per heavy atom. The third-order valence-electron chi connectivity index (χ3n) is 4.20. The minimum absolute atomic E-state index is 0.00996. The molecule has 3 nitrogen and oxygen atoms in total. The highest BCUT2D eigenvalue weighted by Gasteiger charge is 2.27. The maximum absolute atomic E-state index is 12.7. The average Bonchev–Trinajstić information content (AvgIpc) is 3.08. The molecule has 0 radical (unpaired) electrons. The summed E-state index contributed by atoms with van der Waals surface area (Å²) in [5, 5.41) is 0. The molecule has 0 saturated heterocycles. The summed E-state index contributed by atoms with van der Waals surface area (Å²) < 4.78 is 5.31. The lowest BCUT2D eigenvalue weighted by Gasteiger charge is -2.34. The number of amides is 1. The van der Waals surface area contributed by atoms with E-state index in [1.807, 2.05) is 23.1 Å². The minimum atomic E-state index is 0.00996. The molecule has 0 unspecified atom stereocenters. The van der Waals surface area contributed by atoms with Crippen LogP contribution in [0.2, 0.25) is 0 Å². The van der Waals surface area contributed by atoms with Crippen LogP contribution >= 0.6 is 0 Å². The van der Waals surface area contributed by atoms with Crippen molar-refractivity contribution in [3.8, 4) is 0 Å². The summed E-state index contributed by atoms with van der Waals surface area (Å²) in [4.78, 5) is 14.7. The Morgan fingerprint density at radius 3 is 2.48 bits per heavy atom. The lowest BCUT2D eigenvalue weighted by molar-refractivity contribution is 0.0581. The van der Waals surface area contributed by atoms with E-state index in [0.29, 0.717) is 18.3 Å². The molecule has 0 spiro atoms. The van der Waals surface area contributed by atoms with Gasteiger partial charge in [-0.1, -0.05) is 49.6 Å². The molecule has 0 aliphatic heterocycles. The van der Waals surface area contributed by atoms with E-state index in [1.165, 1.54) is 24.8 Å². The summed E-state index contributed by atoms with van der Waals surface area (Å²) in [5.74, 6) is 0.451. The van der Waals surface area contributed by atoms with Crippen molar-refractivity contribution in [1.82, 2.24) is 4.90 Å². The maximum atomic E-state index is 12.7. The Morgan fingerprint density at radius 2 is 1.81 bits per heavy atom. The monoisotopic (exact) mass is 283 g/mol. The molecular formula is C18H21NO2. The molecule has 21 heavy (non-hydrogen) atoms. The van der Waals surface area contributed by atoms with Crippen LogP contribution in [0.25, 0.3) is 0 Å². The quantitative estimate of drug-likeness (QED) is 0.840. The number of furan rings is 1. The van der Waals surface area contributed by atoms with Crippen LogP contribution in [0.3, 0.4) is 0 Å². The van der Waals surface area contributed by atoms with Crippen LogP contribution in [0, 0.1) is 0 Å². The Bertz CT molecular complexity index is 556. The third kappa shape index (κ3) is 3.35. The third-order valence-corrected chi connectivity index (χ3v) is 4.20. The summed E-state index contributed by atoms with van der Waals surface area (Å²) in [6.45, 7) is 0.658. The van der Waals surface area contributed by atoms with Crippen LogP contribution in [0.15, 0.2) is 53.1 Å². The predicted octanol–water partition coefficient (Wildman–Crippen LogP) is 4.25. The van der Waals surface area contributed by atoms with Crippen LogP contribution in [-0.4, -0.2) is 16.8 Å². The number of benzene rings is 1. The van der Waals surface area contributed by atoms with E-state index < -0.39 is 0 Å². The van der Waals surface area contributed by atoms with E-state index in [2.05, 4.69) is 12.1 Å². The van der Waals surface area contributed by atoms with E-state index in [0.717, 1.165) is 12.8 Å². The second kappa shape index (κ2) is 6.61. The molecule has 0 N–H and O–H groups in total. The van der Waals surface area contributed by atoms with Crippen molar-refractivity contribution in [2.75, 3.05) is 0 Å². The van der Waals surface area contributed by atoms with E-state index in [4.69, 9.17) is 4.42 Å². The van der Waals surface area contributed by atoms with Crippen LogP contribution in [0.1, 0.15) is 48.2 Å². The minimum Gasteiger partial charge on any atom is -0.459 e. The molecule has 1 aromatic heterocycles. The maximum Gasteiger partial charge on any atom is 0.290 e. The second-order valence-electron chi connectivity index (χ2n) is 5.69. The van der Waals surface area contributed by atoms with Gasteiger partial charge in [0.05, 0.1) is 6.26 Å².